The molecule has 36 heavy (non-hydrogen) atoms. The number of imide groups is 1. The van der Waals surface area contributed by atoms with E-state index in [1.807, 2.05) is 60.3 Å². The van der Waals surface area contributed by atoms with Crippen LogP contribution in [0, 0.1) is 11.8 Å². The quantitative estimate of drug-likeness (QED) is 0.531. The van der Waals surface area contributed by atoms with Crippen LogP contribution in [0.5, 0.6) is 0 Å². The highest BCUT2D eigenvalue weighted by atomic mass is 16.3. The van der Waals surface area contributed by atoms with Crippen molar-refractivity contribution in [1.29, 1.82) is 0 Å². The molecule has 2 saturated heterocycles. The minimum absolute atomic E-state index is 0.00411. The molecule has 2 aliphatic rings. The molecule has 0 bridgehead atoms. The Labute approximate surface area is 213 Å². The van der Waals surface area contributed by atoms with E-state index in [0.717, 1.165) is 17.7 Å². The summed E-state index contributed by atoms with van der Waals surface area (Å²) in [5.74, 6) is 1.02. The summed E-state index contributed by atoms with van der Waals surface area (Å²) in [5.41, 5.74) is 0.601. The number of likely N-dealkylation sites (N-methyl/N-ethyl adjacent to an activating group) is 1. The molecule has 194 valence electrons. The summed E-state index contributed by atoms with van der Waals surface area (Å²) in [6.07, 6.45) is 4.45. The molecule has 1 N–H and O–H groups in total. The number of carbonyl (C=O) groups is 3. The van der Waals surface area contributed by atoms with Gasteiger partial charge in [-0.25, -0.2) is 4.79 Å². The Morgan fingerprint density at radius 1 is 1.17 bits per heavy atom. The van der Waals surface area contributed by atoms with Gasteiger partial charge in [0.2, 0.25) is 0 Å². The first-order valence-electron chi connectivity index (χ1n) is 12.9. The summed E-state index contributed by atoms with van der Waals surface area (Å²) >= 11 is 0. The van der Waals surface area contributed by atoms with Gasteiger partial charge in [-0.05, 0) is 75.9 Å². The third kappa shape index (κ3) is 5.33. The average molecular weight is 495 g/mol. The van der Waals surface area contributed by atoms with Crippen molar-refractivity contribution >= 4 is 17.8 Å². The van der Waals surface area contributed by atoms with Crippen LogP contribution in [0.3, 0.4) is 0 Å². The molecule has 8 nitrogen and oxygen atoms in total. The van der Waals surface area contributed by atoms with Gasteiger partial charge in [0.05, 0.1) is 6.26 Å². The predicted octanol–water partition coefficient (Wildman–Crippen LogP) is 4.09. The number of likely N-dealkylation sites (tertiary alicyclic amines) is 1. The first kappa shape index (κ1) is 25.9. The maximum absolute atomic E-state index is 13.7. The summed E-state index contributed by atoms with van der Waals surface area (Å²) in [6, 6.07) is 10.9. The van der Waals surface area contributed by atoms with Gasteiger partial charge in [-0.15, -0.1) is 0 Å². The van der Waals surface area contributed by atoms with E-state index in [-0.39, 0.29) is 23.8 Å². The molecule has 4 amide bonds. The number of nitrogens with one attached hydrogen (secondary N) is 1. The third-order valence-corrected chi connectivity index (χ3v) is 7.48. The van der Waals surface area contributed by atoms with Crippen molar-refractivity contribution in [3.05, 3.63) is 48.2 Å². The number of benzene rings is 1. The molecule has 2 aromatic rings. The van der Waals surface area contributed by atoms with Gasteiger partial charge in [0.15, 0.2) is 0 Å². The fraction of sp³-hybridized carbons (Fsp3) is 0.536. The number of hydrogen-bond acceptors (Lipinski definition) is 5. The highest BCUT2D eigenvalue weighted by Crippen LogP contribution is 2.38. The number of furan rings is 1. The Balaban J connectivity index is 1.47. The Bertz CT molecular complexity index is 1070. The second-order valence-electron chi connectivity index (χ2n) is 10.7. The van der Waals surface area contributed by atoms with Gasteiger partial charge >= 0.3 is 6.03 Å². The second kappa shape index (κ2) is 10.9. The zero-order valence-corrected chi connectivity index (χ0v) is 21.8. The minimum atomic E-state index is -0.887. The number of urea groups is 1. The van der Waals surface area contributed by atoms with Crippen molar-refractivity contribution in [2.75, 3.05) is 40.3 Å². The summed E-state index contributed by atoms with van der Waals surface area (Å²) in [7, 11) is 3.86. The summed E-state index contributed by atoms with van der Waals surface area (Å²) in [6.45, 7) is 6.39. The largest absolute Gasteiger partial charge is 0.464 e. The molecule has 4 rings (SSSR count). The Hall–Kier alpha value is -3.13. The molecular weight excluding hydrogens is 456 g/mol. The van der Waals surface area contributed by atoms with E-state index >= 15 is 0 Å². The molecule has 8 heteroatoms. The smallest absolute Gasteiger partial charge is 0.325 e. The second-order valence-corrected chi connectivity index (χ2v) is 10.7. The van der Waals surface area contributed by atoms with E-state index in [1.165, 1.54) is 4.90 Å². The van der Waals surface area contributed by atoms with Gasteiger partial charge in [-0.1, -0.05) is 26.0 Å². The first-order valence-corrected chi connectivity index (χ1v) is 12.9. The lowest BCUT2D eigenvalue weighted by atomic mass is 9.73. The van der Waals surface area contributed by atoms with Crippen LogP contribution in [0.15, 0.2) is 47.1 Å². The van der Waals surface area contributed by atoms with Gasteiger partial charge in [0.1, 0.15) is 11.3 Å². The molecule has 3 heterocycles. The first-order chi connectivity index (χ1) is 17.2. The normalized spacial score (nSPS) is 21.1. The van der Waals surface area contributed by atoms with E-state index < -0.39 is 5.54 Å². The van der Waals surface area contributed by atoms with Gasteiger partial charge < -0.3 is 19.5 Å². The Morgan fingerprint density at radius 3 is 2.56 bits per heavy atom. The molecule has 2 fully saturated rings. The van der Waals surface area contributed by atoms with Crippen LogP contribution < -0.4 is 5.32 Å². The maximum Gasteiger partial charge on any atom is 0.325 e. The van der Waals surface area contributed by atoms with Crippen molar-refractivity contribution in [3.63, 3.8) is 0 Å². The maximum atomic E-state index is 13.7. The molecular formula is C28H38N4O4. The number of hydrogen-bond donors (Lipinski definition) is 1. The highest BCUT2D eigenvalue weighted by Gasteiger charge is 2.55. The van der Waals surface area contributed by atoms with Crippen LogP contribution >= 0.6 is 0 Å². The van der Waals surface area contributed by atoms with Crippen molar-refractivity contribution in [2.45, 2.75) is 45.1 Å². The van der Waals surface area contributed by atoms with Crippen molar-refractivity contribution in [2.24, 2.45) is 11.8 Å². The average Bonchev–Trinajstić information content (AvgIpc) is 3.48. The molecule has 2 aliphatic heterocycles. The van der Waals surface area contributed by atoms with Crippen LogP contribution in [0.4, 0.5) is 4.79 Å². The van der Waals surface area contributed by atoms with E-state index in [9.17, 15) is 14.4 Å². The van der Waals surface area contributed by atoms with Crippen molar-refractivity contribution < 1.29 is 18.8 Å². The van der Waals surface area contributed by atoms with Gasteiger partial charge in [-0.3, -0.25) is 14.5 Å². The zero-order chi connectivity index (χ0) is 25.9. The third-order valence-electron chi connectivity index (χ3n) is 7.48. The molecule has 1 aromatic carbocycles. The Kier molecular flexibility index (Phi) is 7.83. The lowest BCUT2D eigenvalue weighted by Crippen LogP contribution is -2.56. The fourth-order valence-electron chi connectivity index (χ4n) is 5.32. The molecule has 1 aromatic heterocycles. The lowest BCUT2D eigenvalue weighted by Gasteiger charge is -2.41. The highest BCUT2D eigenvalue weighted by molar-refractivity contribution is 6.07. The van der Waals surface area contributed by atoms with E-state index in [2.05, 4.69) is 19.2 Å². The van der Waals surface area contributed by atoms with Crippen LogP contribution in [-0.4, -0.2) is 78.4 Å². The molecule has 1 atom stereocenters. The number of carbonyl (C=O) groups excluding carboxylic acids is 3. The van der Waals surface area contributed by atoms with E-state index in [4.69, 9.17) is 4.42 Å². The Morgan fingerprint density at radius 2 is 1.92 bits per heavy atom. The summed E-state index contributed by atoms with van der Waals surface area (Å²) in [4.78, 5) is 45.1. The molecule has 0 aliphatic carbocycles. The zero-order valence-electron chi connectivity index (χ0n) is 21.8. The molecule has 0 unspecified atom stereocenters. The SMILES string of the molecule is CC(C)CC[C@]1(C2CCN(C(=O)c3cccc(-c4ccco4)c3)CC2)NC(=O)N(CCN(C)C)C1=O. The topological polar surface area (TPSA) is 86.1 Å². The van der Waals surface area contributed by atoms with Crippen LogP contribution in [0.1, 0.15) is 49.9 Å². The fourth-order valence-corrected chi connectivity index (χ4v) is 5.32. The molecule has 0 saturated carbocycles. The lowest BCUT2D eigenvalue weighted by molar-refractivity contribution is -0.134. The van der Waals surface area contributed by atoms with Crippen LogP contribution in [0.2, 0.25) is 0 Å². The van der Waals surface area contributed by atoms with Crippen molar-refractivity contribution in [1.82, 2.24) is 20.0 Å². The van der Waals surface area contributed by atoms with Gasteiger partial charge in [0.25, 0.3) is 11.8 Å². The van der Waals surface area contributed by atoms with Crippen molar-refractivity contribution in [3.8, 4) is 11.3 Å². The summed E-state index contributed by atoms with van der Waals surface area (Å²) in [5, 5.41) is 3.12. The number of piperidine rings is 1. The van der Waals surface area contributed by atoms with E-state index in [1.54, 1.807) is 6.26 Å². The number of amides is 4. The van der Waals surface area contributed by atoms with E-state index in [0.29, 0.717) is 56.9 Å². The molecule has 0 spiro atoms. The number of rotatable bonds is 9. The van der Waals surface area contributed by atoms with Crippen LogP contribution in [-0.2, 0) is 4.79 Å². The van der Waals surface area contributed by atoms with Gasteiger partial charge in [-0.2, -0.15) is 0 Å². The standard InChI is InChI=1S/C28H38N4O4/c1-20(2)10-13-28(26(34)32(27(35)29-28)17-16-30(3)4)23-11-14-31(15-12-23)25(33)22-8-5-7-21(19-22)24-9-6-18-36-24/h5-9,18-20,23H,10-17H2,1-4H3,(H,29,35)/t28-/m1/s1. The van der Waals surface area contributed by atoms with Crippen LogP contribution in [0.25, 0.3) is 11.3 Å². The predicted molar refractivity (Wildman–Crippen MR) is 138 cm³/mol. The monoisotopic (exact) mass is 494 g/mol. The minimum Gasteiger partial charge on any atom is -0.464 e. The van der Waals surface area contributed by atoms with Gasteiger partial charge in [0, 0.05) is 37.3 Å². The summed E-state index contributed by atoms with van der Waals surface area (Å²) < 4.78 is 5.48. The molecule has 0 radical (unpaired) electrons. The number of nitrogens with zero attached hydrogens (tertiary/aromatic N) is 3.